The van der Waals surface area contributed by atoms with Crippen molar-refractivity contribution in [3.63, 3.8) is 0 Å². The third kappa shape index (κ3) is 9.19. The highest BCUT2D eigenvalue weighted by Gasteiger charge is 2.27. The van der Waals surface area contributed by atoms with Crippen LogP contribution in [-0.4, -0.2) is 155 Å². The van der Waals surface area contributed by atoms with Gasteiger partial charge in [0.15, 0.2) is 0 Å². The zero-order valence-electron chi connectivity index (χ0n) is 16.9. The van der Waals surface area contributed by atoms with Crippen molar-refractivity contribution in [2.24, 2.45) is 0 Å². The minimum Gasteiger partial charge on any atom is -0.480 e. The van der Waals surface area contributed by atoms with Crippen molar-refractivity contribution in [1.29, 1.82) is 0 Å². The molecular formula is C17H32N4O9. The molecule has 1 fully saturated rings. The van der Waals surface area contributed by atoms with Gasteiger partial charge in [0.1, 0.15) is 6.73 Å². The highest BCUT2D eigenvalue weighted by molar-refractivity contribution is 5.69. The van der Waals surface area contributed by atoms with Gasteiger partial charge in [-0.2, -0.15) is 0 Å². The summed E-state index contributed by atoms with van der Waals surface area (Å²) < 4.78 is 4.79. The summed E-state index contributed by atoms with van der Waals surface area (Å²) in [4.78, 5) is 39.5. The summed E-state index contributed by atoms with van der Waals surface area (Å²) in [5.41, 5.74) is 0. The molecule has 0 aromatic heterocycles. The molecule has 13 heteroatoms. The van der Waals surface area contributed by atoms with E-state index in [0.29, 0.717) is 19.6 Å². The molecule has 1 amide bonds. The van der Waals surface area contributed by atoms with Crippen LogP contribution in [0.15, 0.2) is 0 Å². The zero-order chi connectivity index (χ0) is 22.5. The molecule has 0 spiro atoms. The lowest BCUT2D eigenvalue weighted by Gasteiger charge is -2.37. The predicted molar refractivity (Wildman–Crippen MR) is 103 cm³/mol. The Balaban J connectivity index is 3.02. The van der Waals surface area contributed by atoms with Crippen LogP contribution < -0.4 is 0 Å². The monoisotopic (exact) mass is 436 g/mol. The van der Waals surface area contributed by atoms with Gasteiger partial charge >= 0.3 is 12.1 Å². The number of amides is 1. The molecule has 1 aliphatic rings. The molecule has 1 unspecified atom stereocenters. The summed E-state index contributed by atoms with van der Waals surface area (Å²) in [6.45, 7) is 0.799. The Morgan fingerprint density at radius 2 is 1.47 bits per heavy atom. The molecule has 1 aliphatic heterocycles. The first-order chi connectivity index (χ1) is 14.3. The van der Waals surface area contributed by atoms with E-state index in [9.17, 15) is 34.8 Å². The summed E-state index contributed by atoms with van der Waals surface area (Å²) in [7, 11) is 0. The number of carboxylic acids is 1. The Bertz CT molecular complexity index is 539. The number of hydrogen-bond donors (Lipinski definition) is 5. The van der Waals surface area contributed by atoms with Gasteiger partial charge in [-0.25, -0.2) is 4.79 Å². The Labute approximate surface area is 174 Å². The van der Waals surface area contributed by atoms with Crippen LogP contribution in [0.2, 0.25) is 0 Å². The Kier molecular flexibility index (Phi) is 12.2. The fourth-order valence-electron chi connectivity index (χ4n) is 3.25. The molecule has 0 radical (unpaired) electrons. The first kappa shape index (κ1) is 26.0. The molecule has 30 heavy (non-hydrogen) atoms. The van der Waals surface area contributed by atoms with Crippen LogP contribution in [0.25, 0.3) is 0 Å². The first-order valence-electron chi connectivity index (χ1n) is 9.65. The highest BCUT2D eigenvalue weighted by Crippen LogP contribution is 2.08. The lowest BCUT2D eigenvalue weighted by atomic mass is 10.1. The molecule has 1 heterocycles. The summed E-state index contributed by atoms with van der Waals surface area (Å²) in [5.74, 6) is -1.05. The number of carbonyl (C=O) groups is 3. The minimum atomic E-state index is -1.20. The smallest absolute Gasteiger partial charge is 0.407 e. The number of hydrogen-bond acceptors (Lipinski definition) is 10. The molecule has 0 aromatic rings. The fourth-order valence-corrected chi connectivity index (χ4v) is 3.25. The largest absolute Gasteiger partial charge is 0.480 e. The molecule has 174 valence electrons. The van der Waals surface area contributed by atoms with E-state index in [1.807, 2.05) is 0 Å². The molecule has 5 N–H and O–H groups in total. The second-order valence-electron chi connectivity index (χ2n) is 6.99. The average Bonchev–Trinajstić information content (AvgIpc) is 2.70. The number of nitrogens with zero attached hydrogens (tertiary/aromatic N) is 4. The van der Waals surface area contributed by atoms with E-state index in [4.69, 9.17) is 9.84 Å². The molecular weight excluding hydrogens is 404 g/mol. The summed E-state index contributed by atoms with van der Waals surface area (Å²) >= 11 is 0. The van der Waals surface area contributed by atoms with E-state index in [1.165, 1.54) is 4.90 Å². The predicted octanol–water partition coefficient (Wildman–Crippen LogP) is -3.18. The van der Waals surface area contributed by atoms with Crippen LogP contribution in [-0.2, 0) is 14.3 Å². The van der Waals surface area contributed by atoms with Crippen LogP contribution in [0.1, 0.15) is 0 Å². The third-order valence-electron chi connectivity index (χ3n) is 5.02. The molecule has 13 nitrogen and oxygen atoms in total. The first-order valence-corrected chi connectivity index (χ1v) is 9.65. The van der Waals surface area contributed by atoms with Gasteiger partial charge in [0.2, 0.25) is 0 Å². The quantitative estimate of drug-likeness (QED) is 0.230. The fraction of sp³-hybridized carbons (Fsp3) is 0.824. The molecule has 2 atom stereocenters. The number of carboxylic acid groups (broad SMARTS) is 2. The van der Waals surface area contributed by atoms with E-state index in [-0.39, 0.29) is 52.5 Å². The van der Waals surface area contributed by atoms with Crippen molar-refractivity contribution in [1.82, 2.24) is 19.6 Å². The van der Waals surface area contributed by atoms with Gasteiger partial charge in [0.25, 0.3) is 6.47 Å². The van der Waals surface area contributed by atoms with Gasteiger partial charge in [-0.3, -0.25) is 24.3 Å². The van der Waals surface area contributed by atoms with Crippen molar-refractivity contribution in [3.05, 3.63) is 0 Å². The Morgan fingerprint density at radius 1 is 0.900 bits per heavy atom. The van der Waals surface area contributed by atoms with Crippen molar-refractivity contribution < 1.29 is 44.7 Å². The Hall–Kier alpha value is -2.03. The van der Waals surface area contributed by atoms with E-state index in [1.54, 1.807) is 14.7 Å². The van der Waals surface area contributed by atoms with Crippen LogP contribution in [0.4, 0.5) is 4.79 Å². The van der Waals surface area contributed by atoms with E-state index < -0.39 is 37.4 Å². The topological polar surface area (TPSA) is 175 Å². The van der Waals surface area contributed by atoms with Crippen molar-refractivity contribution in [2.45, 2.75) is 12.1 Å². The maximum Gasteiger partial charge on any atom is 0.407 e. The maximum atomic E-state index is 11.5. The number of rotatable bonds is 9. The number of aliphatic hydroxyl groups is 3. The summed E-state index contributed by atoms with van der Waals surface area (Å²) in [5, 5.41) is 47.6. The molecule has 1 rings (SSSR count). The van der Waals surface area contributed by atoms with E-state index >= 15 is 0 Å². The van der Waals surface area contributed by atoms with Crippen molar-refractivity contribution in [2.75, 3.05) is 78.8 Å². The van der Waals surface area contributed by atoms with Crippen LogP contribution in [0.3, 0.4) is 0 Å². The number of aliphatic carboxylic acids is 1. The second-order valence-corrected chi connectivity index (χ2v) is 6.99. The van der Waals surface area contributed by atoms with E-state index in [2.05, 4.69) is 0 Å². The SMILES string of the molecule is O=COCN1CCN(C(=O)O)CCN(CC(=O)O)CCN(C(CO)[C@@H](O)CO)CC1. The summed E-state index contributed by atoms with van der Waals surface area (Å²) in [6, 6.07) is -0.769. The standard InChI is InChI=1S/C17H32N4O9/c22-10-14(15(25)11-23)20-5-1-18(9-16(26)27)2-7-21(17(28)29)8-4-19(3-6-20)12-30-13-24/h13-15,22-23,25H,1-12H2,(H,26,27)(H,28,29)/t14?,15-/m0/s1. The maximum absolute atomic E-state index is 11.5. The third-order valence-corrected chi connectivity index (χ3v) is 5.02. The van der Waals surface area contributed by atoms with Gasteiger partial charge in [-0.1, -0.05) is 0 Å². The second kappa shape index (κ2) is 14.1. The summed E-state index contributed by atoms with van der Waals surface area (Å²) in [6.07, 6.45) is -2.33. The van der Waals surface area contributed by atoms with Gasteiger partial charge in [-0.15, -0.1) is 0 Å². The normalized spacial score (nSPS) is 20.6. The number of carbonyl (C=O) groups excluding carboxylic acids is 1. The van der Waals surface area contributed by atoms with Crippen LogP contribution in [0.5, 0.6) is 0 Å². The number of ether oxygens (including phenoxy) is 1. The zero-order valence-corrected chi connectivity index (χ0v) is 16.9. The van der Waals surface area contributed by atoms with Gasteiger partial charge < -0.3 is 35.2 Å². The highest BCUT2D eigenvalue weighted by atomic mass is 16.5. The van der Waals surface area contributed by atoms with Gasteiger partial charge in [-0.05, 0) is 0 Å². The molecule has 0 saturated carbocycles. The van der Waals surface area contributed by atoms with Gasteiger partial charge in [0.05, 0.1) is 31.9 Å². The number of aliphatic hydroxyl groups excluding tert-OH is 3. The van der Waals surface area contributed by atoms with Crippen LogP contribution >= 0.6 is 0 Å². The molecule has 0 bridgehead atoms. The van der Waals surface area contributed by atoms with Crippen LogP contribution in [0, 0.1) is 0 Å². The molecule has 1 saturated heterocycles. The minimum absolute atomic E-state index is 0.0533. The molecule has 0 aliphatic carbocycles. The van der Waals surface area contributed by atoms with E-state index in [0.717, 1.165) is 0 Å². The van der Waals surface area contributed by atoms with Crippen molar-refractivity contribution >= 4 is 18.5 Å². The average molecular weight is 436 g/mol. The molecule has 0 aromatic carbocycles. The Morgan fingerprint density at radius 3 is 1.97 bits per heavy atom. The van der Waals surface area contributed by atoms with Crippen molar-refractivity contribution in [3.8, 4) is 0 Å². The lowest BCUT2D eigenvalue weighted by Crippen LogP contribution is -2.54. The van der Waals surface area contributed by atoms with Gasteiger partial charge in [0, 0.05) is 52.4 Å². The lowest BCUT2D eigenvalue weighted by molar-refractivity contribution is -0.138.